The first-order valence-electron chi connectivity index (χ1n) is 15.4. The van der Waals surface area contributed by atoms with Crippen molar-refractivity contribution < 1.29 is 28.7 Å². The molecule has 1 saturated carbocycles. The second-order valence-electron chi connectivity index (χ2n) is 11.5. The molecule has 2 N–H and O–H groups in total. The molecule has 0 bridgehead atoms. The Bertz CT molecular complexity index is 1260. The molecule has 3 atom stereocenters. The highest BCUT2D eigenvalue weighted by Gasteiger charge is 2.37. The van der Waals surface area contributed by atoms with Crippen molar-refractivity contribution in [1.82, 2.24) is 14.9 Å². The van der Waals surface area contributed by atoms with Gasteiger partial charge in [-0.2, -0.15) is 0 Å². The maximum absolute atomic E-state index is 13.6. The zero-order valence-electron chi connectivity index (χ0n) is 25.2. The Hall–Kier alpha value is -3.24. The van der Waals surface area contributed by atoms with Gasteiger partial charge in [-0.1, -0.05) is 86.2 Å². The number of halogens is 1. The van der Waals surface area contributed by atoms with E-state index in [2.05, 4.69) is 10.0 Å². The molecular weight excluding hydrogens is 602 g/mol. The molecule has 1 saturated heterocycles. The van der Waals surface area contributed by atoms with E-state index in [0.29, 0.717) is 36.9 Å². The summed E-state index contributed by atoms with van der Waals surface area (Å²) in [6.07, 6.45) is 6.82. The van der Waals surface area contributed by atoms with E-state index in [4.69, 9.17) is 21.1 Å². The Kier molecular flexibility index (Phi) is 13.2. The van der Waals surface area contributed by atoms with E-state index in [0.717, 1.165) is 55.2 Å². The highest BCUT2D eigenvalue weighted by atomic mass is 35.5. The van der Waals surface area contributed by atoms with Crippen molar-refractivity contribution in [3.63, 3.8) is 0 Å². The number of amides is 3. The fourth-order valence-electron chi connectivity index (χ4n) is 5.92. The molecule has 2 aromatic rings. The number of likely N-dealkylation sites (tertiary alicyclic amines) is 1. The summed E-state index contributed by atoms with van der Waals surface area (Å²) in [6, 6.07) is 16.1. The molecule has 0 radical (unpaired) electrons. The second kappa shape index (κ2) is 17.3. The molecule has 2 fully saturated rings. The molecule has 9 nitrogen and oxygen atoms in total. The Morgan fingerprint density at radius 1 is 1.00 bits per heavy atom. The highest BCUT2D eigenvalue weighted by molar-refractivity contribution is 7.99. The van der Waals surface area contributed by atoms with Gasteiger partial charge in [-0.3, -0.25) is 14.3 Å². The first-order chi connectivity index (χ1) is 21.3. The van der Waals surface area contributed by atoms with Crippen LogP contribution < -0.4 is 10.0 Å². The summed E-state index contributed by atoms with van der Waals surface area (Å²) in [5, 5.41) is 2.75. The van der Waals surface area contributed by atoms with E-state index in [1.54, 1.807) is 24.3 Å². The Morgan fingerprint density at radius 3 is 2.48 bits per heavy atom. The van der Waals surface area contributed by atoms with Crippen molar-refractivity contribution >= 4 is 47.4 Å². The van der Waals surface area contributed by atoms with Crippen LogP contribution in [0.15, 0.2) is 54.6 Å². The largest absolute Gasteiger partial charge is 0.467 e. The highest BCUT2D eigenvalue weighted by Crippen LogP contribution is 2.31. The van der Waals surface area contributed by atoms with Crippen molar-refractivity contribution in [2.45, 2.75) is 75.7 Å². The first-order valence-corrected chi connectivity index (χ1v) is 16.6. The second-order valence-corrected chi connectivity index (χ2v) is 13.0. The van der Waals surface area contributed by atoms with Crippen molar-refractivity contribution in [1.29, 1.82) is 0 Å². The van der Waals surface area contributed by atoms with E-state index in [1.165, 1.54) is 13.5 Å². The third kappa shape index (κ3) is 10.4. The molecular formula is C33H42ClN3O6S. The van der Waals surface area contributed by atoms with Gasteiger partial charge in [-0.05, 0) is 66.8 Å². The number of esters is 1. The third-order valence-corrected chi connectivity index (χ3v) is 9.56. The number of carbonyl (C=O) groups excluding carboxylic acids is 4. The molecule has 11 heteroatoms. The monoisotopic (exact) mass is 643 g/mol. The normalized spacial score (nSPS) is 18.4. The third-order valence-electron chi connectivity index (χ3n) is 8.35. The van der Waals surface area contributed by atoms with Crippen LogP contribution in [0.25, 0.3) is 0 Å². The summed E-state index contributed by atoms with van der Waals surface area (Å²) in [5.41, 5.74) is 1.90. The number of methoxy groups -OCH3 is 1. The van der Waals surface area contributed by atoms with Crippen LogP contribution in [-0.2, 0) is 36.9 Å². The number of carbonyl (C=O) groups is 4. The molecule has 2 aromatic carbocycles. The lowest BCUT2D eigenvalue weighted by molar-refractivity contribution is -0.146. The fraction of sp³-hybridized carbons (Fsp3) is 0.515. The SMILES string of the molecule is COC(=O)C(CC1CCN(CCc2ccccc2)C1=O)NC(=O)[C@H](CC1CCCCC1)SNC(=O)OCc1cccc(Cl)c1. The number of benzene rings is 2. The maximum atomic E-state index is 13.6. The summed E-state index contributed by atoms with van der Waals surface area (Å²) in [4.78, 5) is 53.9. The minimum absolute atomic E-state index is 0.0127. The van der Waals surface area contributed by atoms with Gasteiger partial charge in [0.25, 0.3) is 0 Å². The van der Waals surface area contributed by atoms with Crippen molar-refractivity contribution in [2.75, 3.05) is 20.2 Å². The summed E-state index contributed by atoms with van der Waals surface area (Å²) in [7, 11) is 1.27. The lowest BCUT2D eigenvalue weighted by atomic mass is 9.86. The van der Waals surface area contributed by atoms with Crippen LogP contribution in [0.2, 0.25) is 5.02 Å². The minimum atomic E-state index is -0.972. The number of nitrogens with zero attached hydrogens (tertiary/aromatic N) is 1. The number of rotatable bonds is 14. The van der Waals surface area contributed by atoms with Gasteiger partial charge in [0.2, 0.25) is 11.8 Å². The molecule has 1 heterocycles. The predicted octanol–water partition coefficient (Wildman–Crippen LogP) is 5.69. The van der Waals surface area contributed by atoms with Crippen LogP contribution in [0.3, 0.4) is 0 Å². The van der Waals surface area contributed by atoms with Gasteiger partial charge in [0.15, 0.2) is 0 Å². The smallest absolute Gasteiger partial charge is 0.417 e. The van der Waals surface area contributed by atoms with E-state index >= 15 is 0 Å². The molecule has 2 unspecified atom stereocenters. The molecule has 0 spiro atoms. The maximum Gasteiger partial charge on any atom is 0.417 e. The Morgan fingerprint density at radius 2 is 1.75 bits per heavy atom. The zero-order chi connectivity index (χ0) is 31.3. The van der Waals surface area contributed by atoms with Crippen LogP contribution in [0, 0.1) is 11.8 Å². The Labute approximate surface area is 268 Å². The van der Waals surface area contributed by atoms with Gasteiger partial charge in [-0.15, -0.1) is 0 Å². The fourth-order valence-corrected chi connectivity index (χ4v) is 6.97. The molecule has 1 aliphatic heterocycles. The van der Waals surface area contributed by atoms with Crippen LogP contribution >= 0.6 is 23.5 Å². The average molecular weight is 644 g/mol. The molecule has 2 aliphatic rings. The summed E-state index contributed by atoms with van der Waals surface area (Å²) in [6.45, 7) is 1.25. The van der Waals surface area contributed by atoms with Gasteiger partial charge < -0.3 is 19.7 Å². The average Bonchev–Trinajstić information content (AvgIpc) is 3.39. The van der Waals surface area contributed by atoms with E-state index in [-0.39, 0.29) is 30.8 Å². The molecule has 238 valence electrons. The lowest BCUT2D eigenvalue weighted by Crippen LogP contribution is -2.47. The molecule has 1 aliphatic carbocycles. The van der Waals surface area contributed by atoms with Crippen LogP contribution in [0.1, 0.15) is 62.5 Å². The van der Waals surface area contributed by atoms with Crippen LogP contribution in [0.4, 0.5) is 4.79 Å². The van der Waals surface area contributed by atoms with E-state index in [9.17, 15) is 19.2 Å². The van der Waals surface area contributed by atoms with Crippen LogP contribution in [0.5, 0.6) is 0 Å². The zero-order valence-corrected chi connectivity index (χ0v) is 26.7. The number of ether oxygens (including phenoxy) is 2. The van der Waals surface area contributed by atoms with E-state index in [1.807, 2.05) is 35.2 Å². The van der Waals surface area contributed by atoms with Crippen molar-refractivity contribution in [3.05, 3.63) is 70.7 Å². The number of hydrogen-bond donors (Lipinski definition) is 2. The summed E-state index contributed by atoms with van der Waals surface area (Å²) in [5.74, 6) is -1.04. The van der Waals surface area contributed by atoms with Crippen molar-refractivity contribution in [2.24, 2.45) is 11.8 Å². The van der Waals surface area contributed by atoms with Gasteiger partial charge >= 0.3 is 12.1 Å². The first kappa shape index (κ1) is 33.6. The summed E-state index contributed by atoms with van der Waals surface area (Å²) >= 11 is 7.00. The van der Waals surface area contributed by atoms with Gasteiger partial charge in [0, 0.05) is 24.0 Å². The summed E-state index contributed by atoms with van der Waals surface area (Å²) < 4.78 is 13.0. The van der Waals surface area contributed by atoms with Crippen molar-refractivity contribution in [3.8, 4) is 0 Å². The predicted molar refractivity (Wildman–Crippen MR) is 171 cm³/mol. The van der Waals surface area contributed by atoms with Crippen LogP contribution in [-0.4, -0.2) is 60.3 Å². The quantitative estimate of drug-likeness (QED) is 0.201. The topological polar surface area (TPSA) is 114 Å². The molecule has 3 amide bonds. The Balaban J connectivity index is 1.34. The molecule has 0 aromatic heterocycles. The van der Waals surface area contributed by atoms with Gasteiger partial charge in [0.05, 0.1) is 7.11 Å². The van der Waals surface area contributed by atoms with Gasteiger partial charge in [0.1, 0.15) is 17.9 Å². The van der Waals surface area contributed by atoms with E-state index < -0.39 is 23.4 Å². The lowest BCUT2D eigenvalue weighted by Gasteiger charge is -2.27. The van der Waals surface area contributed by atoms with Gasteiger partial charge in [-0.25, -0.2) is 9.59 Å². The molecule has 4 rings (SSSR count). The minimum Gasteiger partial charge on any atom is -0.467 e. The molecule has 44 heavy (non-hydrogen) atoms. The number of nitrogens with one attached hydrogen (secondary N) is 2. The standard InChI is InChI=1S/C33H42ClN3O6S/c1-42-32(40)28(21-26-16-18-37(31(26)39)17-15-23-9-4-2-5-10-23)35-30(38)29(20-24-11-6-3-7-12-24)44-36-33(41)43-22-25-13-8-14-27(34)19-25/h2,4-5,8-10,13-14,19,24,26,28-29H,3,6-7,11-12,15-18,20-22H2,1H3,(H,35,38)(H,36,41)/t26?,28?,29-/m0/s1. The number of hydrogen-bond acceptors (Lipinski definition) is 7.